The number of benzene rings is 3. The highest BCUT2D eigenvalue weighted by atomic mass is 19.1. The first-order valence-electron chi connectivity index (χ1n) is 11.8. The predicted molar refractivity (Wildman–Crippen MR) is 126 cm³/mol. The van der Waals surface area contributed by atoms with Gasteiger partial charge in [-0.15, -0.1) is 0 Å². The van der Waals surface area contributed by atoms with Gasteiger partial charge in [0.2, 0.25) is 0 Å². The summed E-state index contributed by atoms with van der Waals surface area (Å²) in [7, 11) is 0. The van der Waals surface area contributed by atoms with Crippen molar-refractivity contribution in [2.75, 3.05) is 37.6 Å². The minimum absolute atomic E-state index is 0.0556. The number of piperazine rings is 1. The van der Waals surface area contributed by atoms with E-state index in [1.807, 2.05) is 6.07 Å². The summed E-state index contributed by atoms with van der Waals surface area (Å²) in [5.74, 6) is 0.127. The zero-order valence-corrected chi connectivity index (χ0v) is 18.3. The van der Waals surface area contributed by atoms with E-state index in [9.17, 15) is 4.39 Å². The summed E-state index contributed by atoms with van der Waals surface area (Å²) >= 11 is 0. The molecule has 3 nitrogen and oxygen atoms in total. The lowest BCUT2D eigenvalue weighted by atomic mass is 9.87. The van der Waals surface area contributed by atoms with E-state index in [0.717, 1.165) is 51.1 Å². The molecule has 3 aliphatic rings. The molecular formula is C28H29FN2O. The van der Waals surface area contributed by atoms with E-state index in [0.29, 0.717) is 5.92 Å². The highest BCUT2D eigenvalue weighted by Crippen LogP contribution is 2.49. The van der Waals surface area contributed by atoms with Crippen LogP contribution in [0, 0.1) is 5.82 Å². The monoisotopic (exact) mass is 428 g/mol. The molecule has 2 fully saturated rings. The summed E-state index contributed by atoms with van der Waals surface area (Å²) in [6.45, 7) is 5.13. The van der Waals surface area contributed by atoms with E-state index >= 15 is 0 Å². The van der Waals surface area contributed by atoms with Crippen molar-refractivity contribution in [1.29, 1.82) is 0 Å². The Balaban J connectivity index is 1.19. The largest absolute Gasteiger partial charge is 0.369 e. The third-order valence-electron chi connectivity index (χ3n) is 7.43. The predicted octanol–water partition coefficient (Wildman–Crippen LogP) is 5.17. The van der Waals surface area contributed by atoms with Crippen molar-refractivity contribution < 1.29 is 9.13 Å². The van der Waals surface area contributed by atoms with Crippen molar-refractivity contribution in [1.82, 2.24) is 4.90 Å². The minimum Gasteiger partial charge on any atom is -0.369 e. The van der Waals surface area contributed by atoms with Gasteiger partial charge in [0.1, 0.15) is 5.82 Å². The zero-order valence-electron chi connectivity index (χ0n) is 18.3. The van der Waals surface area contributed by atoms with Gasteiger partial charge in [-0.05, 0) is 59.4 Å². The maximum atomic E-state index is 14.2. The van der Waals surface area contributed by atoms with E-state index < -0.39 is 0 Å². The van der Waals surface area contributed by atoms with Gasteiger partial charge in [0.15, 0.2) is 0 Å². The molecule has 3 atom stereocenters. The van der Waals surface area contributed by atoms with Crippen LogP contribution in [0.15, 0.2) is 72.8 Å². The van der Waals surface area contributed by atoms with Crippen molar-refractivity contribution in [2.45, 2.75) is 31.0 Å². The van der Waals surface area contributed by atoms with Crippen LogP contribution < -0.4 is 4.90 Å². The molecule has 0 saturated carbocycles. The average molecular weight is 429 g/mol. The normalized spacial score (nSPS) is 25.0. The van der Waals surface area contributed by atoms with Crippen molar-refractivity contribution in [3.8, 4) is 0 Å². The smallest absolute Gasteiger partial charge is 0.123 e. The lowest BCUT2D eigenvalue weighted by Crippen LogP contribution is -2.48. The number of para-hydroxylation sites is 1. The van der Waals surface area contributed by atoms with Crippen molar-refractivity contribution in [3.63, 3.8) is 0 Å². The van der Waals surface area contributed by atoms with Crippen LogP contribution in [0.3, 0.4) is 0 Å². The first kappa shape index (κ1) is 20.0. The summed E-state index contributed by atoms with van der Waals surface area (Å²) in [6, 6.07) is 24.6. The quantitative estimate of drug-likeness (QED) is 0.573. The summed E-state index contributed by atoms with van der Waals surface area (Å²) in [4.78, 5) is 5.00. The Labute approximate surface area is 189 Å². The molecule has 0 radical (unpaired) electrons. The second-order valence-corrected chi connectivity index (χ2v) is 9.36. The first-order chi connectivity index (χ1) is 15.7. The second kappa shape index (κ2) is 8.34. The fourth-order valence-electron chi connectivity index (χ4n) is 5.83. The Morgan fingerprint density at radius 2 is 1.56 bits per heavy atom. The molecule has 0 N–H and O–H groups in total. The molecule has 1 aliphatic carbocycles. The average Bonchev–Trinajstić information content (AvgIpc) is 3.20. The minimum atomic E-state index is -0.169. The molecule has 2 heterocycles. The fourth-order valence-corrected chi connectivity index (χ4v) is 5.83. The van der Waals surface area contributed by atoms with Gasteiger partial charge < -0.3 is 9.64 Å². The van der Waals surface area contributed by atoms with Crippen LogP contribution in [-0.2, 0) is 11.2 Å². The van der Waals surface area contributed by atoms with Crippen LogP contribution in [0.5, 0.6) is 0 Å². The van der Waals surface area contributed by atoms with Crippen LogP contribution in [0.1, 0.15) is 40.7 Å². The summed E-state index contributed by atoms with van der Waals surface area (Å²) in [6.07, 6.45) is 1.97. The van der Waals surface area contributed by atoms with Gasteiger partial charge in [-0.3, -0.25) is 4.90 Å². The molecular weight excluding hydrogens is 399 g/mol. The van der Waals surface area contributed by atoms with Crippen LogP contribution >= 0.6 is 0 Å². The number of anilines is 1. The molecule has 0 spiro atoms. The topological polar surface area (TPSA) is 15.7 Å². The van der Waals surface area contributed by atoms with Gasteiger partial charge in [-0.25, -0.2) is 4.39 Å². The highest BCUT2D eigenvalue weighted by Gasteiger charge is 2.41. The number of hydrogen-bond donors (Lipinski definition) is 0. The van der Waals surface area contributed by atoms with Gasteiger partial charge in [0.05, 0.1) is 12.2 Å². The molecule has 2 saturated heterocycles. The number of halogens is 1. The van der Waals surface area contributed by atoms with Crippen LogP contribution in [0.4, 0.5) is 10.1 Å². The van der Waals surface area contributed by atoms with E-state index in [1.165, 1.54) is 22.4 Å². The Kier molecular flexibility index (Phi) is 5.20. The Morgan fingerprint density at radius 1 is 0.812 bits per heavy atom. The standard InChI is InChI=1S/C28H29FN2O/c29-22-11-10-21-16-20-6-4-5-9-25(20)27-18-24(32-28(27)26(21)17-22)19-30-12-14-31(15-13-30)23-7-2-1-3-8-23/h1-11,17,24,27-28H,12-16,18-19H2/t24-,27?,28?/m1/s1. The van der Waals surface area contributed by atoms with Gasteiger partial charge in [-0.1, -0.05) is 48.5 Å². The summed E-state index contributed by atoms with van der Waals surface area (Å²) in [5, 5.41) is 0. The molecule has 32 heavy (non-hydrogen) atoms. The number of fused-ring (bicyclic) bond motifs is 5. The van der Waals surface area contributed by atoms with Gasteiger partial charge >= 0.3 is 0 Å². The van der Waals surface area contributed by atoms with E-state index in [4.69, 9.17) is 4.74 Å². The highest BCUT2D eigenvalue weighted by molar-refractivity contribution is 5.47. The number of ether oxygens (including phenoxy) is 1. The SMILES string of the molecule is Fc1ccc2c(c1)C1O[C@@H](CN3CCN(c4ccccc4)CC3)CC1c1ccccc1C2. The zero-order chi connectivity index (χ0) is 21.5. The lowest BCUT2D eigenvalue weighted by Gasteiger charge is -2.37. The molecule has 0 bridgehead atoms. The van der Waals surface area contributed by atoms with Gasteiger partial charge in [0, 0.05) is 44.3 Å². The number of nitrogens with zero attached hydrogens (tertiary/aromatic N) is 2. The van der Waals surface area contributed by atoms with E-state index in [-0.39, 0.29) is 18.0 Å². The Bertz CT molecular complexity index is 1090. The number of rotatable bonds is 3. The van der Waals surface area contributed by atoms with Crippen LogP contribution in [0.2, 0.25) is 0 Å². The summed E-state index contributed by atoms with van der Waals surface area (Å²) in [5.41, 5.74) is 6.28. The second-order valence-electron chi connectivity index (χ2n) is 9.36. The van der Waals surface area contributed by atoms with Crippen molar-refractivity contribution in [2.24, 2.45) is 0 Å². The van der Waals surface area contributed by atoms with E-state index in [2.05, 4.69) is 64.4 Å². The Morgan fingerprint density at radius 3 is 2.41 bits per heavy atom. The van der Waals surface area contributed by atoms with Crippen molar-refractivity contribution >= 4 is 5.69 Å². The molecule has 3 aromatic carbocycles. The molecule has 2 unspecified atom stereocenters. The Hall–Kier alpha value is -2.69. The number of hydrogen-bond acceptors (Lipinski definition) is 3. The van der Waals surface area contributed by atoms with Gasteiger partial charge in [-0.2, -0.15) is 0 Å². The van der Waals surface area contributed by atoms with E-state index in [1.54, 1.807) is 12.1 Å². The summed E-state index contributed by atoms with van der Waals surface area (Å²) < 4.78 is 20.9. The van der Waals surface area contributed by atoms with Crippen LogP contribution in [0.25, 0.3) is 0 Å². The molecule has 2 aliphatic heterocycles. The van der Waals surface area contributed by atoms with Crippen molar-refractivity contribution in [3.05, 3.63) is 101 Å². The lowest BCUT2D eigenvalue weighted by molar-refractivity contribution is 0.0181. The molecule has 0 aromatic heterocycles. The maximum Gasteiger partial charge on any atom is 0.123 e. The van der Waals surface area contributed by atoms with Crippen LogP contribution in [-0.4, -0.2) is 43.7 Å². The van der Waals surface area contributed by atoms with Gasteiger partial charge in [0.25, 0.3) is 0 Å². The first-order valence-corrected chi connectivity index (χ1v) is 11.8. The maximum absolute atomic E-state index is 14.2. The molecule has 6 rings (SSSR count). The third-order valence-corrected chi connectivity index (χ3v) is 7.43. The molecule has 3 aromatic rings. The molecule has 164 valence electrons. The molecule has 0 amide bonds. The molecule has 4 heteroatoms. The fraction of sp³-hybridized carbons (Fsp3) is 0.357. The third kappa shape index (κ3) is 3.72.